The molecule has 0 radical (unpaired) electrons. The number of nitrogens with zero attached hydrogens (tertiary/aromatic N) is 3. The van der Waals surface area contributed by atoms with Crippen molar-refractivity contribution < 1.29 is 8.78 Å². The molecule has 16 heavy (non-hydrogen) atoms. The molecule has 82 valence electrons. The van der Waals surface area contributed by atoms with Crippen molar-refractivity contribution in [3.63, 3.8) is 0 Å². The normalized spacial score (nSPS) is 9.88. The Hall–Kier alpha value is -1.72. The maximum absolute atomic E-state index is 12.5. The van der Waals surface area contributed by atoms with Gasteiger partial charge in [0.15, 0.2) is 0 Å². The molecule has 3 nitrogen and oxygen atoms in total. The maximum Gasteiger partial charge on any atom is 0.280 e. The highest BCUT2D eigenvalue weighted by atomic mass is 35.5. The van der Waals surface area contributed by atoms with Crippen LogP contribution in [0.5, 0.6) is 0 Å². The van der Waals surface area contributed by atoms with Crippen LogP contribution in [0.2, 0.25) is 0 Å². The van der Waals surface area contributed by atoms with E-state index >= 15 is 0 Å². The van der Waals surface area contributed by atoms with E-state index in [1.54, 1.807) is 0 Å². The highest BCUT2D eigenvalue weighted by Gasteiger charge is 2.16. The van der Waals surface area contributed by atoms with Crippen LogP contribution >= 0.6 is 11.6 Å². The number of halogens is 3. The largest absolute Gasteiger partial charge is 0.280 e. The fourth-order valence-corrected chi connectivity index (χ4v) is 1.44. The Bertz CT molecular complexity index is 474. The number of alkyl halides is 3. The first kappa shape index (κ1) is 12.4. The predicted octanol–water partition coefficient (Wildman–Crippen LogP) is 2.70. The Balaban J connectivity index is 3.40. The van der Waals surface area contributed by atoms with E-state index in [9.17, 15) is 8.78 Å². The second-order valence-corrected chi connectivity index (χ2v) is 3.18. The van der Waals surface area contributed by atoms with Gasteiger partial charge in [0, 0.05) is 0 Å². The van der Waals surface area contributed by atoms with Crippen molar-refractivity contribution in [1.29, 1.82) is 10.5 Å². The molecule has 1 heterocycles. The molecule has 1 rings (SSSR count). The van der Waals surface area contributed by atoms with E-state index in [0.717, 1.165) is 6.07 Å². The second kappa shape index (κ2) is 5.39. The molecule has 0 aromatic carbocycles. The number of hydrogen-bond acceptors (Lipinski definition) is 3. The van der Waals surface area contributed by atoms with Gasteiger partial charge < -0.3 is 0 Å². The van der Waals surface area contributed by atoms with E-state index in [0.29, 0.717) is 0 Å². The summed E-state index contributed by atoms with van der Waals surface area (Å²) in [6.45, 7) is 0. The van der Waals surface area contributed by atoms with Gasteiger partial charge in [0.1, 0.15) is 11.8 Å². The summed E-state index contributed by atoms with van der Waals surface area (Å²) in [7, 11) is 0. The van der Waals surface area contributed by atoms with Crippen molar-refractivity contribution in [3.05, 3.63) is 28.6 Å². The average molecular weight is 242 g/mol. The fraction of sp³-hybridized carbons (Fsp3) is 0.300. The highest BCUT2D eigenvalue weighted by Crippen LogP contribution is 2.23. The van der Waals surface area contributed by atoms with E-state index in [-0.39, 0.29) is 29.1 Å². The van der Waals surface area contributed by atoms with Gasteiger partial charge in [-0.2, -0.15) is 10.5 Å². The molecule has 6 heteroatoms. The van der Waals surface area contributed by atoms with Crippen LogP contribution in [0.4, 0.5) is 8.78 Å². The first-order chi connectivity index (χ1) is 7.63. The van der Waals surface area contributed by atoms with Gasteiger partial charge in [0.05, 0.1) is 29.6 Å². The number of rotatable bonds is 3. The zero-order valence-electron chi connectivity index (χ0n) is 8.04. The number of aromatic nitrogens is 1. The van der Waals surface area contributed by atoms with E-state index in [1.165, 1.54) is 0 Å². The molecule has 0 unspecified atom stereocenters. The lowest BCUT2D eigenvalue weighted by Crippen LogP contribution is -2.03. The van der Waals surface area contributed by atoms with Crippen molar-refractivity contribution in [2.75, 3.05) is 0 Å². The summed E-state index contributed by atoms with van der Waals surface area (Å²) < 4.78 is 24.9. The maximum atomic E-state index is 12.5. The molecule has 0 spiro atoms. The van der Waals surface area contributed by atoms with Crippen molar-refractivity contribution in [3.8, 4) is 12.1 Å². The Labute approximate surface area is 95.9 Å². The Morgan fingerprint density at radius 3 is 2.56 bits per heavy atom. The minimum absolute atomic E-state index is 0.0900. The van der Waals surface area contributed by atoms with Crippen LogP contribution in [-0.4, -0.2) is 4.98 Å². The van der Waals surface area contributed by atoms with Gasteiger partial charge >= 0.3 is 0 Å². The summed E-state index contributed by atoms with van der Waals surface area (Å²) in [4.78, 5) is 3.59. The first-order valence-electron chi connectivity index (χ1n) is 4.27. The van der Waals surface area contributed by atoms with E-state index in [4.69, 9.17) is 22.1 Å². The van der Waals surface area contributed by atoms with Crippen LogP contribution in [-0.2, 0) is 12.3 Å². The van der Waals surface area contributed by atoms with Crippen LogP contribution in [0.25, 0.3) is 0 Å². The number of pyridine rings is 1. The van der Waals surface area contributed by atoms with Crippen LogP contribution < -0.4 is 0 Å². The molecule has 0 aliphatic carbocycles. The molecule has 1 aromatic rings. The fourth-order valence-electron chi connectivity index (χ4n) is 1.25. The summed E-state index contributed by atoms with van der Waals surface area (Å²) in [6.07, 6.45) is -2.86. The molecular formula is C10H6ClF2N3. The zero-order chi connectivity index (χ0) is 12.1. The van der Waals surface area contributed by atoms with E-state index in [1.807, 2.05) is 12.1 Å². The van der Waals surface area contributed by atoms with Crippen molar-refractivity contribution in [2.45, 2.75) is 18.7 Å². The molecular weight excluding hydrogens is 236 g/mol. The van der Waals surface area contributed by atoms with Crippen LogP contribution in [0.3, 0.4) is 0 Å². The molecule has 0 N–H and O–H groups in total. The number of nitriles is 2. The van der Waals surface area contributed by atoms with Crippen molar-refractivity contribution in [1.82, 2.24) is 4.98 Å². The summed E-state index contributed by atoms with van der Waals surface area (Å²) in [5.41, 5.74) is -0.0148. The van der Waals surface area contributed by atoms with Gasteiger partial charge in [-0.05, 0) is 11.6 Å². The van der Waals surface area contributed by atoms with Crippen molar-refractivity contribution in [2.24, 2.45) is 0 Å². The Morgan fingerprint density at radius 2 is 2.12 bits per heavy atom. The minimum atomic E-state index is -2.74. The molecule has 1 aromatic heterocycles. The average Bonchev–Trinajstić information content (AvgIpc) is 2.28. The third-order valence-electron chi connectivity index (χ3n) is 1.93. The predicted molar refractivity (Wildman–Crippen MR) is 52.8 cm³/mol. The molecule has 0 saturated heterocycles. The first-order valence-corrected chi connectivity index (χ1v) is 4.81. The molecule has 0 saturated carbocycles. The Morgan fingerprint density at radius 1 is 1.44 bits per heavy atom. The third kappa shape index (κ3) is 2.44. The van der Waals surface area contributed by atoms with Gasteiger partial charge in [-0.15, -0.1) is 11.6 Å². The minimum Gasteiger partial charge on any atom is -0.249 e. The molecule has 0 aliphatic heterocycles. The molecule has 0 fully saturated rings. The summed E-state index contributed by atoms with van der Waals surface area (Å²) >= 11 is 5.52. The van der Waals surface area contributed by atoms with Gasteiger partial charge in [0.2, 0.25) is 0 Å². The molecule has 0 aliphatic rings. The summed E-state index contributed by atoms with van der Waals surface area (Å²) in [5.74, 6) is -0.137. The van der Waals surface area contributed by atoms with Gasteiger partial charge in [0.25, 0.3) is 6.43 Å². The van der Waals surface area contributed by atoms with Crippen LogP contribution in [0, 0.1) is 22.7 Å². The second-order valence-electron chi connectivity index (χ2n) is 2.91. The van der Waals surface area contributed by atoms with Gasteiger partial charge in [-0.3, -0.25) is 0 Å². The standard InChI is InChI=1S/C10H6ClF2N3/c11-4-9-7(5-15)6(1-2-14)3-8(16-9)10(12)13/h3,10H,1,4H2. The summed E-state index contributed by atoms with van der Waals surface area (Å²) in [6, 6.07) is 4.70. The van der Waals surface area contributed by atoms with Crippen LogP contribution in [0.1, 0.15) is 28.9 Å². The lowest BCUT2D eigenvalue weighted by Gasteiger charge is -2.07. The topological polar surface area (TPSA) is 60.5 Å². The number of hydrogen-bond donors (Lipinski definition) is 0. The molecule has 0 amide bonds. The molecule has 0 bridgehead atoms. The quantitative estimate of drug-likeness (QED) is 0.765. The lowest BCUT2D eigenvalue weighted by molar-refractivity contribution is 0.145. The highest BCUT2D eigenvalue weighted by molar-refractivity contribution is 6.17. The van der Waals surface area contributed by atoms with Crippen LogP contribution in [0.15, 0.2) is 6.07 Å². The molecule has 0 atom stereocenters. The SMILES string of the molecule is N#CCc1cc(C(F)F)nc(CCl)c1C#N. The van der Waals surface area contributed by atoms with Crippen molar-refractivity contribution >= 4 is 11.6 Å². The van der Waals surface area contributed by atoms with Gasteiger partial charge in [-0.25, -0.2) is 13.8 Å². The smallest absolute Gasteiger partial charge is 0.249 e. The zero-order valence-corrected chi connectivity index (χ0v) is 8.80. The third-order valence-corrected chi connectivity index (χ3v) is 2.18. The van der Waals surface area contributed by atoms with Gasteiger partial charge in [-0.1, -0.05) is 0 Å². The monoisotopic (exact) mass is 241 g/mol. The van der Waals surface area contributed by atoms with E-state index < -0.39 is 12.1 Å². The Kier molecular flexibility index (Phi) is 4.16. The summed E-state index contributed by atoms with van der Waals surface area (Å²) in [5, 5.41) is 17.4. The lowest BCUT2D eigenvalue weighted by atomic mass is 10.0. The van der Waals surface area contributed by atoms with E-state index in [2.05, 4.69) is 4.98 Å².